The van der Waals surface area contributed by atoms with E-state index in [4.69, 9.17) is 10.5 Å². The fourth-order valence-corrected chi connectivity index (χ4v) is 2.55. The molecular formula is C14H16FN3O. The van der Waals surface area contributed by atoms with Crippen LogP contribution in [0.5, 0.6) is 0 Å². The van der Waals surface area contributed by atoms with Crippen molar-refractivity contribution in [1.82, 2.24) is 4.98 Å². The quantitative estimate of drug-likeness (QED) is 0.799. The summed E-state index contributed by atoms with van der Waals surface area (Å²) >= 11 is 0. The minimum Gasteiger partial charge on any atom is -0.398 e. The van der Waals surface area contributed by atoms with Gasteiger partial charge in [0.25, 0.3) is 0 Å². The molecule has 2 aromatic rings. The number of aromatic nitrogens is 1. The third-order valence-corrected chi connectivity index (χ3v) is 3.41. The van der Waals surface area contributed by atoms with Crippen LogP contribution in [0.2, 0.25) is 0 Å². The van der Waals surface area contributed by atoms with Crippen molar-refractivity contribution in [1.29, 1.82) is 0 Å². The summed E-state index contributed by atoms with van der Waals surface area (Å²) in [6, 6.07) is 5.05. The van der Waals surface area contributed by atoms with Crippen LogP contribution in [0.15, 0.2) is 24.4 Å². The Bertz CT molecular complexity index is 617. The molecule has 19 heavy (non-hydrogen) atoms. The molecule has 1 aliphatic rings. The maximum atomic E-state index is 14.3. The highest BCUT2D eigenvalue weighted by Crippen LogP contribution is 2.33. The average molecular weight is 261 g/mol. The number of anilines is 2. The number of hydrogen-bond donors (Lipinski definition) is 1. The Hall–Kier alpha value is -1.88. The van der Waals surface area contributed by atoms with Gasteiger partial charge in [0.1, 0.15) is 0 Å². The van der Waals surface area contributed by atoms with Crippen molar-refractivity contribution in [3.63, 3.8) is 0 Å². The highest BCUT2D eigenvalue weighted by Gasteiger charge is 2.23. The highest BCUT2D eigenvalue weighted by molar-refractivity contribution is 5.98. The van der Waals surface area contributed by atoms with Gasteiger partial charge in [-0.2, -0.15) is 0 Å². The van der Waals surface area contributed by atoms with E-state index in [-0.39, 0.29) is 11.9 Å². The number of ether oxygens (including phenoxy) is 1. The number of nitrogens with zero attached hydrogens (tertiary/aromatic N) is 2. The zero-order valence-electron chi connectivity index (χ0n) is 10.8. The van der Waals surface area contributed by atoms with Gasteiger partial charge in [-0.3, -0.25) is 4.98 Å². The Morgan fingerprint density at radius 2 is 2.37 bits per heavy atom. The minimum atomic E-state index is -0.321. The highest BCUT2D eigenvalue weighted by atomic mass is 19.1. The van der Waals surface area contributed by atoms with Crippen molar-refractivity contribution >= 4 is 22.3 Å². The second kappa shape index (κ2) is 4.66. The number of pyridine rings is 1. The topological polar surface area (TPSA) is 51.4 Å². The van der Waals surface area contributed by atoms with Crippen LogP contribution < -0.4 is 10.6 Å². The lowest BCUT2D eigenvalue weighted by Crippen LogP contribution is -2.41. The molecule has 1 saturated heterocycles. The summed E-state index contributed by atoms with van der Waals surface area (Å²) in [5.41, 5.74) is 7.43. The lowest BCUT2D eigenvalue weighted by molar-refractivity contribution is 0.0531. The first kappa shape index (κ1) is 12.2. The Balaban J connectivity index is 2.17. The van der Waals surface area contributed by atoms with Crippen molar-refractivity contribution in [2.45, 2.75) is 13.0 Å². The van der Waals surface area contributed by atoms with Crippen LogP contribution in [-0.2, 0) is 4.74 Å². The lowest BCUT2D eigenvalue weighted by Gasteiger charge is -2.33. The van der Waals surface area contributed by atoms with Gasteiger partial charge in [-0.25, -0.2) is 4.39 Å². The summed E-state index contributed by atoms with van der Waals surface area (Å²) in [7, 11) is 0. The van der Waals surface area contributed by atoms with E-state index >= 15 is 0 Å². The molecule has 0 bridgehead atoms. The predicted molar refractivity (Wildman–Crippen MR) is 73.7 cm³/mol. The van der Waals surface area contributed by atoms with E-state index in [1.54, 1.807) is 6.20 Å². The first-order valence-electron chi connectivity index (χ1n) is 6.36. The van der Waals surface area contributed by atoms with Crippen molar-refractivity contribution < 1.29 is 9.13 Å². The van der Waals surface area contributed by atoms with Crippen LogP contribution in [-0.4, -0.2) is 30.8 Å². The van der Waals surface area contributed by atoms with E-state index in [0.717, 1.165) is 5.39 Å². The largest absolute Gasteiger partial charge is 0.398 e. The van der Waals surface area contributed by atoms with Gasteiger partial charge < -0.3 is 15.4 Å². The van der Waals surface area contributed by atoms with E-state index in [1.165, 1.54) is 6.07 Å². The summed E-state index contributed by atoms with van der Waals surface area (Å²) < 4.78 is 19.8. The van der Waals surface area contributed by atoms with Gasteiger partial charge >= 0.3 is 0 Å². The number of benzene rings is 1. The molecule has 1 aromatic heterocycles. The van der Waals surface area contributed by atoms with Gasteiger partial charge in [-0.05, 0) is 25.1 Å². The SMILES string of the molecule is CC1CN(c2c(F)cc(N)c3cccnc23)CCO1. The standard InChI is InChI=1S/C14H16FN3O/c1-9-8-18(5-6-19-9)14-11(15)7-12(16)10-3-2-4-17-13(10)14/h2-4,7,9H,5-6,8,16H2,1H3. The van der Waals surface area contributed by atoms with Crippen molar-refractivity contribution in [2.75, 3.05) is 30.3 Å². The van der Waals surface area contributed by atoms with Crippen molar-refractivity contribution in [3.8, 4) is 0 Å². The van der Waals surface area contributed by atoms with Crippen molar-refractivity contribution in [3.05, 3.63) is 30.2 Å². The normalized spacial score (nSPS) is 19.9. The molecule has 4 nitrogen and oxygen atoms in total. The van der Waals surface area contributed by atoms with Crippen LogP contribution in [0.4, 0.5) is 15.8 Å². The van der Waals surface area contributed by atoms with Gasteiger partial charge in [0.15, 0.2) is 5.82 Å². The molecular weight excluding hydrogens is 245 g/mol. The van der Waals surface area contributed by atoms with Gasteiger partial charge in [0.05, 0.1) is 23.9 Å². The maximum absolute atomic E-state index is 14.3. The molecule has 1 aliphatic heterocycles. The molecule has 1 aromatic carbocycles. The van der Waals surface area contributed by atoms with Crippen LogP contribution >= 0.6 is 0 Å². The second-order valence-electron chi connectivity index (χ2n) is 4.82. The molecule has 1 atom stereocenters. The molecule has 5 heteroatoms. The number of halogens is 1. The molecule has 0 aliphatic carbocycles. The van der Waals surface area contributed by atoms with Crippen molar-refractivity contribution in [2.24, 2.45) is 0 Å². The Labute approximate surface area is 111 Å². The molecule has 0 amide bonds. The van der Waals surface area contributed by atoms with E-state index in [9.17, 15) is 4.39 Å². The van der Waals surface area contributed by atoms with Crippen LogP contribution in [0, 0.1) is 5.82 Å². The summed E-state index contributed by atoms with van der Waals surface area (Å²) in [6.07, 6.45) is 1.75. The molecule has 3 rings (SSSR count). The second-order valence-corrected chi connectivity index (χ2v) is 4.82. The maximum Gasteiger partial charge on any atom is 0.150 e. The van der Waals surface area contributed by atoms with Crippen LogP contribution in [0.1, 0.15) is 6.92 Å². The first-order valence-corrected chi connectivity index (χ1v) is 6.36. The third kappa shape index (κ3) is 2.10. The molecule has 2 N–H and O–H groups in total. The fraction of sp³-hybridized carbons (Fsp3) is 0.357. The molecule has 0 radical (unpaired) electrons. The zero-order chi connectivity index (χ0) is 13.4. The Morgan fingerprint density at radius 3 is 3.16 bits per heavy atom. The molecule has 1 fully saturated rings. The number of rotatable bonds is 1. The molecule has 100 valence electrons. The van der Waals surface area contributed by atoms with E-state index in [1.807, 2.05) is 24.0 Å². The Kier molecular flexibility index (Phi) is 2.98. The molecule has 2 heterocycles. The van der Waals surface area contributed by atoms with Gasteiger partial charge in [-0.15, -0.1) is 0 Å². The van der Waals surface area contributed by atoms with Crippen LogP contribution in [0.3, 0.4) is 0 Å². The average Bonchev–Trinajstić information content (AvgIpc) is 2.39. The summed E-state index contributed by atoms with van der Waals surface area (Å²) in [4.78, 5) is 6.28. The predicted octanol–water partition coefficient (Wildman–Crippen LogP) is 2.18. The van der Waals surface area contributed by atoms with E-state index in [2.05, 4.69) is 4.98 Å². The Morgan fingerprint density at radius 1 is 1.53 bits per heavy atom. The summed E-state index contributed by atoms with van der Waals surface area (Å²) in [6.45, 7) is 3.90. The van der Waals surface area contributed by atoms with Gasteiger partial charge in [0.2, 0.25) is 0 Å². The molecule has 0 saturated carbocycles. The first-order chi connectivity index (χ1) is 9.16. The lowest BCUT2D eigenvalue weighted by atomic mass is 10.1. The number of morpholine rings is 1. The van der Waals surface area contributed by atoms with Gasteiger partial charge in [0, 0.05) is 30.4 Å². The number of nitrogens with two attached hydrogens (primary N) is 1. The monoisotopic (exact) mass is 261 g/mol. The minimum absolute atomic E-state index is 0.0875. The van der Waals surface area contributed by atoms with Crippen LogP contribution in [0.25, 0.3) is 10.9 Å². The smallest absolute Gasteiger partial charge is 0.150 e. The zero-order valence-corrected chi connectivity index (χ0v) is 10.8. The summed E-state index contributed by atoms with van der Waals surface area (Å²) in [5, 5.41) is 0.790. The number of nitrogen functional groups attached to an aromatic ring is 1. The van der Waals surface area contributed by atoms with Gasteiger partial charge in [-0.1, -0.05) is 0 Å². The molecule has 1 unspecified atom stereocenters. The summed E-state index contributed by atoms with van der Waals surface area (Å²) in [5.74, 6) is -0.321. The van der Waals surface area contributed by atoms with E-state index in [0.29, 0.717) is 36.6 Å². The fourth-order valence-electron chi connectivity index (χ4n) is 2.55. The number of hydrogen-bond acceptors (Lipinski definition) is 4. The molecule has 0 spiro atoms. The van der Waals surface area contributed by atoms with E-state index < -0.39 is 0 Å². The number of fused-ring (bicyclic) bond motifs is 1. The third-order valence-electron chi connectivity index (χ3n) is 3.41.